The number of nitrogens with two attached hydrogens (primary N) is 1. The Morgan fingerprint density at radius 2 is 1.90 bits per heavy atom. The van der Waals surface area contributed by atoms with Gasteiger partial charge < -0.3 is 4.90 Å². The lowest BCUT2D eigenvalue weighted by atomic mass is 9.98. The zero-order chi connectivity index (χ0) is 16.6. The monoisotopic (exact) mass is 376 g/mol. The van der Waals surface area contributed by atoms with Crippen LogP contribution in [0.5, 0.6) is 0 Å². The highest BCUT2D eigenvalue weighted by atomic mass is 79.9. The molecular formula is C14H21BrN2O3S. The van der Waals surface area contributed by atoms with Crippen molar-refractivity contribution < 1.29 is 13.2 Å². The Morgan fingerprint density at radius 1 is 1.38 bits per heavy atom. The summed E-state index contributed by atoms with van der Waals surface area (Å²) in [6, 6.07) is 2.97. The maximum atomic E-state index is 12.6. The van der Waals surface area contributed by atoms with Crippen LogP contribution in [-0.2, 0) is 10.0 Å². The second kappa shape index (κ2) is 6.06. The number of hydrogen-bond donors (Lipinski definition) is 1. The van der Waals surface area contributed by atoms with Gasteiger partial charge in [-0.15, -0.1) is 0 Å². The van der Waals surface area contributed by atoms with E-state index in [2.05, 4.69) is 15.9 Å². The predicted octanol–water partition coefficient (Wildman–Crippen LogP) is 2.67. The minimum Gasteiger partial charge on any atom is -0.337 e. The number of benzene rings is 1. The molecule has 0 atom stereocenters. The van der Waals surface area contributed by atoms with Gasteiger partial charge >= 0.3 is 0 Å². The van der Waals surface area contributed by atoms with Crippen LogP contribution < -0.4 is 5.14 Å². The summed E-state index contributed by atoms with van der Waals surface area (Å²) in [5, 5.41) is 5.20. The normalized spacial score (nSPS) is 12.3. The van der Waals surface area contributed by atoms with Crippen LogP contribution in [0, 0.1) is 6.92 Å². The summed E-state index contributed by atoms with van der Waals surface area (Å²) in [5.41, 5.74) is 0.635. The second-order valence-electron chi connectivity index (χ2n) is 5.68. The third-order valence-corrected chi connectivity index (χ3v) is 6.10. The number of primary sulfonamides is 1. The van der Waals surface area contributed by atoms with Gasteiger partial charge in [0, 0.05) is 22.6 Å². The van der Waals surface area contributed by atoms with E-state index in [9.17, 15) is 13.2 Å². The molecule has 0 saturated heterocycles. The number of carbonyl (C=O) groups excluding carboxylic acids is 1. The lowest BCUT2D eigenvalue weighted by molar-refractivity contribution is 0.0620. The summed E-state index contributed by atoms with van der Waals surface area (Å²) < 4.78 is 23.6. The maximum absolute atomic E-state index is 12.6. The van der Waals surface area contributed by atoms with E-state index < -0.39 is 10.0 Å². The Balaban J connectivity index is 3.40. The van der Waals surface area contributed by atoms with Gasteiger partial charge in [0.1, 0.15) is 0 Å². The van der Waals surface area contributed by atoms with Crippen LogP contribution in [0.1, 0.15) is 43.1 Å². The van der Waals surface area contributed by atoms with Gasteiger partial charge in [0.05, 0.1) is 4.90 Å². The molecule has 1 amide bonds. The van der Waals surface area contributed by atoms with Crippen LogP contribution in [0.4, 0.5) is 0 Å². The van der Waals surface area contributed by atoms with Gasteiger partial charge in [-0.2, -0.15) is 0 Å². The van der Waals surface area contributed by atoms with Crippen LogP contribution >= 0.6 is 15.9 Å². The van der Waals surface area contributed by atoms with Gasteiger partial charge in [-0.3, -0.25) is 4.79 Å². The van der Waals surface area contributed by atoms with Crippen molar-refractivity contribution in [2.45, 2.75) is 44.6 Å². The molecule has 1 aromatic carbocycles. The first-order chi connectivity index (χ1) is 9.41. The number of rotatable bonds is 4. The van der Waals surface area contributed by atoms with Crippen LogP contribution in [0.15, 0.2) is 21.5 Å². The molecule has 0 unspecified atom stereocenters. The van der Waals surface area contributed by atoms with E-state index in [1.165, 1.54) is 6.07 Å². The lowest BCUT2D eigenvalue weighted by Crippen LogP contribution is -2.44. The Morgan fingerprint density at radius 3 is 2.33 bits per heavy atom. The van der Waals surface area contributed by atoms with Crippen molar-refractivity contribution in [1.82, 2.24) is 4.90 Å². The van der Waals surface area contributed by atoms with Crippen LogP contribution in [0.3, 0.4) is 0 Å². The fourth-order valence-electron chi connectivity index (χ4n) is 1.77. The quantitative estimate of drug-likeness (QED) is 0.876. The zero-order valence-electron chi connectivity index (χ0n) is 12.9. The highest BCUT2D eigenvalue weighted by Crippen LogP contribution is 2.28. The van der Waals surface area contributed by atoms with E-state index in [4.69, 9.17) is 5.14 Å². The summed E-state index contributed by atoms with van der Waals surface area (Å²) in [4.78, 5) is 14.1. The standard InChI is InChI=1S/C14H21BrN2O3S/c1-6-14(3,4)17(5)13(18)10-7-9(2)12(15)11(8-10)21(16,19)20/h7-8H,6H2,1-5H3,(H2,16,19,20). The van der Waals surface area contributed by atoms with Crippen molar-refractivity contribution in [2.24, 2.45) is 5.14 Å². The number of amides is 1. The Kier molecular flexibility index (Phi) is 5.23. The van der Waals surface area contributed by atoms with Crippen LogP contribution in [-0.4, -0.2) is 31.8 Å². The second-order valence-corrected chi connectivity index (χ2v) is 8.00. The molecule has 0 radical (unpaired) electrons. The minimum atomic E-state index is -3.90. The Labute approximate surface area is 134 Å². The van der Waals surface area contributed by atoms with E-state index in [1.807, 2.05) is 20.8 Å². The van der Waals surface area contributed by atoms with E-state index in [1.54, 1.807) is 24.9 Å². The SMILES string of the molecule is CCC(C)(C)N(C)C(=O)c1cc(C)c(Br)c(S(N)(=O)=O)c1. The average molecular weight is 377 g/mol. The predicted molar refractivity (Wildman–Crippen MR) is 86.7 cm³/mol. The topological polar surface area (TPSA) is 80.5 Å². The molecule has 21 heavy (non-hydrogen) atoms. The van der Waals surface area contributed by atoms with E-state index in [-0.39, 0.29) is 16.3 Å². The molecular weight excluding hydrogens is 356 g/mol. The number of sulfonamides is 1. The minimum absolute atomic E-state index is 0.0754. The third-order valence-electron chi connectivity index (χ3n) is 3.85. The largest absolute Gasteiger partial charge is 0.337 e. The van der Waals surface area contributed by atoms with Gasteiger partial charge in [-0.25, -0.2) is 13.6 Å². The van der Waals surface area contributed by atoms with E-state index >= 15 is 0 Å². The lowest BCUT2D eigenvalue weighted by Gasteiger charge is -2.35. The molecule has 0 bridgehead atoms. The Hall–Kier alpha value is -0.920. The molecule has 1 rings (SSSR count). The van der Waals surface area contributed by atoms with Crippen molar-refractivity contribution in [3.8, 4) is 0 Å². The number of halogens is 1. The molecule has 1 aromatic rings. The van der Waals surface area contributed by atoms with E-state index in [0.717, 1.165) is 6.42 Å². The molecule has 5 nitrogen and oxygen atoms in total. The molecule has 0 fully saturated rings. The summed E-state index contributed by atoms with van der Waals surface area (Å²) in [6.07, 6.45) is 0.785. The molecule has 118 valence electrons. The first kappa shape index (κ1) is 18.1. The van der Waals surface area contributed by atoms with Crippen molar-refractivity contribution in [3.05, 3.63) is 27.7 Å². The van der Waals surface area contributed by atoms with Crippen LogP contribution in [0.25, 0.3) is 0 Å². The molecule has 7 heteroatoms. The number of carbonyl (C=O) groups is 1. The first-order valence-electron chi connectivity index (χ1n) is 6.53. The number of aryl methyl sites for hydroxylation is 1. The first-order valence-corrected chi connectivity index (χ1v) is 8.87. The number of hydrogen-bond acceptors (Lipinski definition) is 3. The molecule has 0 heterocycles. The maximum Gasteiger partial charge on any atom is 0.254 e. The summed E-state index contributed by atoms with van der Waals surface area (Å²) in [7, 11) is -2.19. The highest BCUT2D eigenvalue weighted by molar-refractivity contribution is 9.10. The molecule has 0 saturated carbocycles. The summed E-state index contributed by atoms with van der Waals surface area (Å²) >= 11 is 3.21. The number of nitrogens with zero attached hydrogens (tertiary/aromatic N) is 1. The van der Waals surface area contributed by atoms with Crippen molar-refractivity contribution >= 4 is 31.9 Å². The fraction of sp³-hybridized carbons (Fsp3) is 0.500. The van der Waals surface area contributed by atoms with Gasteiger partial charge in [-0.1, -0.05) is 6.92 Å². The molecule has 0 aliphatic heterocycles. The van der Waals surface area contributed by atoms with Gasteiger partial charge in [-0.05, 0) is 60.8 Å². The van der Waals surface area contributed by atoms with E-state index in [0.29, 0.717) is 15.6 Å². The smallest absolute Gasteiger partial charge is 0.254 e. The summed E-state index contributed by atoms with van der Waals surface area (Å²) in [5.74, 6) is -0.234. The Bertz CT molecular complexity index is 669. The fourth-order valence-corrected chi connectivity index (χ4v) is 3.38. The molecule has 0 aromatic heterocycles. The van der Waals surface area contributed by atoms with Crippen molar-refractivity contribution in [3.63, 3.8) is 0 Å². The molecule has 0 aliphatic rings. The zero-order valence-corrected chi connectivity index (χ0v) is 15.3. The van der Waals surface area contributed by atoms with Gasteiger partial charge in [0.25, 0.3) is 5.91 Å². The van der Waals surface area contributed by atoms with Crippen molar-refractivity contribution in [1.29, 1.82) is 0 Å². The highest BCUT2D eigenvalue weighted by Gasteiger charge is 2.28. The van der Waals surface area contributed by atoms with Crippen LogP contribution in [0.2, 0.25) is 0 Å². The third kappa shape index (κ3) is 3.84. The average Bonchev–Trinajstić information content (AvgIpc) is 2.38. The van der Waals surface area contributed by atoms with Gasteiger partial charge in [0.2, 0.25) is 10.0 Å². The summed E-state index contributed by atoms with van der Waals surface area (Å²) in [6.45, 7) is 7.63. The molecule has 2 N–H and O–H groups in total. The van der Waals surface area contributed by atoms with Gasteiger partial charge in [0.15, 0.2) is 0 Å². The molecule has 0 spiro atoms. The molecule has 0 aliphatic carbocycles. The van der Waals surface area contributed by atoms with Crippen molar-refractivity contribution in [2.75, 3.05) is 7.05 Å².